The van der Waals surface area contributed by atoms with Gasteiger partial charge >= 0.3 is 0 Å². The molecule has 0 saturated carbocycles. The summed E-state index contributed by atoms with van der Waals surface area (Å²) < 4.78 is 34.1. The van der Waals surface area contributed by atoms with Gasteiger partial charge in [0, 0.05) is 17.7 Å². The number of carbonyl (C=O) groups excluding carboxylic acids is 1. The Morgan fingerprint density at radius 3 is 2.50 bits per heavy atom. The van der Waals surface area contributed by atoms with Crippen molar-refractivity contribution >= 4 is 15.9 Å². The maximum Gasteiger partial charge on any atom is 0.295 e. The van der Waals surface area contributed by atoms with Gasteiger partial charge in [-0.2, -0.15) is 13.0 Å². The van der Waals surface area contributed by atoms with Gasteiger partial charge < -0.3 is 5.11 Å². The lowest BCUT2D eigenvalue weighted by atomic mass is 10.1. The highest BCUT2D eigenvalue weighted by Gasteiger charge is 2.23. The van der Waals surface area contributed by atoms with Crippen LogP contribution in [-0.2, 0) is 16.7 Å². The lowest BCUT2D eigenvalue weighted by Crippen LogP contribution is -2.38. The molecule has 2 N–H and O–H groups in total. The van der Waals surface area contributed by atoms with Gasteiger partial charge in [-0.3, -0.25) is 9.35 Å². The maximum absolute atomic E-state index is 11.6. The van der Waals surface area contributed by atoms with E-state index in [0.29, 0.717) is 11.3 Å². The number of hydrogen-bond acceptors (Lipinski definition) is 4. The molecule has 0 saturated heterocycles. The predicted octanol–water partition coefficient (Wildman–Crippen LogP) is 1.08. The van der Waals surface area contributed by atoms with Gasteiger partial charge in [0.1, 0.15) is 11.5 Å². The van der Waals surface area contributed by atoms with Gasteiger partial charge in [-0.25, -0.2) is 0 Å². The van der Waals surface area contributed by atoms with E-state index in [4.69, 9.17) is 5.11 Å². The smallest absolute Gasteiger partial charge is 0.295 e. The fourth-order valence-electron chi connectivity index (χ4n) is 2.19. The molecule has 116 valence electrons. The average Bonchev–Trinajstić information content (AvgIpc) is 2.47. The quantitative estimate of drug-likeness (QED) is 0.488. The van der Waals surface area contributed by atoms with Crippen LogP contribution in [-0.4, -0.2) is 30.5 Å². The summed E-state index contributed by atoms with van der Waals surface area (Å²) in [4.78, 5) is 11.3. The molecule has 6 nitrogen and oxygen atoms in total. The van der Waals surface area contributed by atoms with Crippen LogP contribution in [0.15, 0.2) is 47.5 Å². The van der Waals surface area contributed by atoms with Crippen LogP contribution in [0.1, 0.15) is 17.3 Å². The van der Waals surface area contributed by atoms with Crippen LogP contribution in [0.25, 0.3) is 11.3 Å². The van der Waals surface area contributed by atoms with Crippen LogP contribution in [0.2, 0.25) is 0 Å². The Morgan fingerprint density at radius 2 is 1.91 bits per heavy atom. The predicted molar refractivity (Wildman–Crippen MR) is 79.0 cm³/mol. The molecule has 0 amide bonds. The number of pyridine rings is 1. The molecule has 7 heteroatoms. The first-order chi connectivity index (χ1) is 10.3. The fraction of sp³-hybridized carbons (Fsp3) is 0.200. The Bertz CT molecular complexity index is 814. The Morgan fingerprint density at radius 1 is 1.23 bits per heavy atom. The van der Waals surface area contributed by atoms with Crippen molar-refractivity contribution in [3.63, 3.8) is 0 Å². The second-order valence-corrected chi connectivity index (χ2v) is 6.14. The number of nitrogens with zero attached hydrogens (tertiary/aromatic N) is 1. The molecule has 0 fully saturated rings. The molecule has 1 heterocycles. The summed E-state index contributed by atoms with van der Waals surface area (Å²) in [6.07, 6.45) is 1.60. The van der Waals surface area contributed by atoms with Gasteiger partial charge in [0.25, 0.3) is 10.1 Å². The summed E-state index contributed by atoms with van der Waals surface area (Å²) in [5.74, 6) is -0.165. The zero-order valence-electron chi connectivity index (χ0n) is 11.9. The molecule has 0 spiro atoms. The van der Waals surface area contributed by atoms with Gasteiger partial charge in [0.15, 0.2) is 18.5 Å². The van der Waals surface area contributed by atoms with Crippen LogP contribution in [0, 0.1) is 0 Å². The second-order valence-electron chi connectivity index (χ2n) is 4.75. The minimum Gasteiger partial charge on any atom is -0.390 e. The van der Waals surface area contributed by atoms with Crippen molar-refractivity contribution in [1.29, 1.82) is 0 Å². The number of aliphatic hydroxyl groups excluding tert-OH is 1. The van der Waals surface area contributed by atoms with Crippen molar-refractivity contribution in [2.24, 2.45) is 0 Å². The van der Waals surface area contributed by atoms with Crippen molar-refractivity contribution in [2.75, 3.05) is 6.61 Å². The Hall–Kier alpha value is -2.09. The monoisotopic (exact) mass is 322 g/mol. The van der Waals surface area contributed by atoms with Crippen molar-refractivity contribution in [3.8, 4) is 11.3 Å². The minimum absolute atomic E-state index is 0.148. The van der Waals surface area contributed by atoms with E-state index in [2.05, 4.69) is 0 Å². The Kier molecular flexibility index (Phi) is 4.70. The molecule has 0 aliphatic heterocycles. The number of rotatable bonds is 5. The zero-order valence-corrected chi connectivity index (χ0v) is 12.7. The number of ketones is 1. The van der Waals surface area contributed by atoms with E-state index < -0.39 is 10.1 Å². The van der Waals surface area contributed by atoms with E-state index in [1.165, 1.54) is 25.1 Å². The molecular formula is C15H16NO5S+. The Labute approximate surface area is 128 Å². The van der Waals surface area contributed by atoms with E-state index >= 15 is 0 Å². The van der Waals surface area contributed by atoms with Crippen LogP contribution < -0.4 is 4.57 Å². The third-order valence-corrected chi connectivity index (χ3v) is 4.14. The van der Waals surface area contributed by atoms with E-state index in [-0.39, 0.29) is 29.4 Å². The summed E-state index contributed by atoms with van der Waals surface area (Å²) in [6, 6.07) is 9.09. The third kappa shape index (κ3) is 3.38. The number of Topliss-reactive ketones (excluding diaryl/α,β-unsaturated/α-hetero) is 1. The number of carbonyl (C=O) groups is 1. The third-order valence-electron chi connectivity index (χ3n) is 3.22. The van der Waals surface area contributed by atoms with Crippen LogP contribution in [0.3, 0.4) is 0 Å². The average molecular weight is 322 g/mol. The van der Waals surface area contributed by atoms with Gasteiger partial charge in [-0.15, -0.1) is 0 Å². The topological polar surface area (TPSA) is 95.5 Å². The van der Waals surface area contributed by atoms with Gasteiger partial charge in [-0.1, -0.05) is 12.1 Å². The highest BCUT2D eigenvalue weighted by atomic mass is 32.2. The molecule has 2 aromatic rings. The number of hydrogen-bond donors (Lipinski definition) is 2. The van der Waals surface area contributed by atoms with Gasteiger partial charge in [0.2, 0.25) is 5.69 Å². The molecule has 1 aromatic carbocycles. The highest BCUT2D eigenvalue weighted by Crippen LogP contribution is 2.25. The number of aliphatic hydroxyl groups is 1. The fourth-order valence-corrected chi connectivity index (χ4v) is 2.89. The molecule has 1 aromatic heterocycles. The van der Waals surface area contributed by atoms with Crippen LogP contribution >= 0.6 is 0 Å². The van der Waals surface area contributed by atoms with Crippen LogP contribution in [0.4, 0.5) is 0 Å². The highest BCUT2D eigenvalue weighted by molar-refractivity contribution is 7.86. The zero-order chi connectivity index (χ0) is 16.3. The summed E-state index contributed by atoms with van der Waals surface area (Å²) in [5.41, 5.74) is 1.10. The van der Waals surface area contributed by atoms with Crippen LogP contribution in [0.5, 0.6) is 0 Å². The molecule has 0 atom stereocenters. The molecule has 0 radical (unpaired) electrons. The molecule has 0 unspecified atom stereocenters. The van der Waals surface area contributed by atoms with Gasteiger partial charge in [0.05, 0.1) is 5.56 Å². The molecule has 0 aliphatic rings. The lowest BCUT2D eigenvalue weighted by molar-refractivity contribution is -0.687. The maximum atomic E-state index is 11.6. The normalized spacial score (nSPS) is 11.4. The molecule has 2 rings (SSSR count). The summed E-state index contributed by atoms with van der Waals surface area (Å²) in [6.45, 7) is 1.49. The van der Waals surface area contributed by atoms with E-state index in [9.17, 15) is 17.8 Å². The molecule has 22 heavy (non-hydrogen) atoms. The molecular weight excluding hydrogens is 306 g/mol. The van der Waals surface area contributed by atoms with E-state index in [1.807, 2.05) is 0 Å². The lowest BCUT2D eigenvalue weighted by Gasteiger charge is -2.08. The SMILES string of the molecule is CC(=O)c1cc[n+](CCO)c(-c2ccccc2S(=O)(=O)O)c1. The largest absolute Gasteiger partial charge is 0.390 e. The second kappa shape index (κ2) is 6.35. The summed E-state index contributed by atoms with van der Waals surface area (Å²) >= 11 is 0. The first kappa shape index (κ1) is 16.3. The van der Waals surface area contributed by atoms with Gasteiger partial charge in [-0.05, 0) is 19.1 Å². The first-order valence-electron chi connectivity index (χ1n) is 6.57. The van der Waals surface area contributed by atoms with E-state index in [1.54, 1.807) is 29.0 Å². The summed E-state index contributed by atoms with van der Waals surface area (Å²) in [7, 11) is -4.41. The van der Waals surface area contributed by atoms with Crippen molar-refractivity contribution in [2.45, 2.75) is 18.4 Å². The number of benzene rings is 1. The Balaban J connectivity index is 2.75. The van der Waals surface area contributed by atoms with Crippen molar-refractivity contribution < 1.29 is 27.4 Å². The van der Waals surface area contributed by atoms with Crippen molar-refractivity contribution in [1.82, 2.24) is 0 Å². The first-order valence-corrected chi connectivity index (χ1v) is 8.01. The number of aromatic nitrogens is 1. The molecule has 0 bridgehead atoms. The molecule has 0 aliphatic carbocycles. The van der Waals surface area contributed by atoms with E-state index in [0.717, 1.165) is 0 Å². The standard InChI is InChI=1S/C15H15NO5S/c1-11(18)12-6-7-16(8-9-17)14(10-12)13-4-2-3-5-15(13)22(19,20)21/h2-7,10,17H,8-9H2,1H3/p+1. The minimum atomic E-state index is -4.41. The summed E-state index contributed by atoms with van der Waals surface area (Å²) in [5, 5.41) is 9.14. The van der Waals surface area contributed by atoms with Crippen molar-refractivity contribution in [3.05, 3.63) is 48.2 Å².